The number of aromatic nitrogens is 2. The van der Waals surface area contributed by atoms with Gasteiger partial charge in [-0.05, 0) is 63.3 Å². The standard InChI is InChI=1S/C9H6BrNOS.C9H7NOS.C7H14NO5P.C6H4O2S.CH4O3.Br2/c1-5(12)8-2-6-7(10)4-13-9(6)3-11-8;1-6(11)8-4-7-2-3-12-9(7)5-10-8;1-5(9)7(8-6(2)10)14(11,12-3)13-4;7-3-5-1-2-9-6(5)4-8;1-3-4-2;1-2/h2-4H,1H3;2-5H,1H3;7H,1-4H3,(H,8,10);1-4H;2H,1H3;/p-1. The summed E-state index contributed by atoms with van der Waals surface area (Å²) in [6.45, 7) is 5.46. The molecule has 5 aromatic rings. The van der Waals surface area contributed by atoms with E-state index in [4.69, 9.17) is 5.26 Å². The van der Waals surface area contributed by atoms with E-state index >= 15 is 0 Å². The van der Waals surface area contributed by atoms with Crippen LogP contribution < -0.4 is 10.6 Å². The molecular weight excluding hydrogens is 985 g/mol. The first-order valence-corrected chi connectivity index (χ1v) is 23.2. The van der Waals surface area contributed by atoms with Gasteiger partial charge < -0.3 is 19.6 Å². The molecule has 1 atom stereocenters. The second kappa shape index (κ2) is 27.7. The van der Waals surface area contributed by atoms with Crippen LogP contribution in [0, 0.1) is 0 Å². The van der Waals surface area contributed by atoms with Gasteiger partial charge in [-0.1, -0.05) is 0 Å². The molecule has 0 radical (unpaired) electrons. The summed E-state index contributed by atoms with van der Waals surface area (Å²) in [4.78, 5) is 76.1. The predicted molar refractivity (Wildman–Crippen MR) is 218 cm³/mol. The molecule has 294 valence electrons. The van der Waals surface area contributed by atoms with Gasteiger partial charge in [0.1, 0.15) is 11.4 Å². The minimum atomic E-state index is -3.58. The summed E-state index contributed by atoms with van der Waals surface area (Å²) in [6.07, 6.45) is 4.85. The quantitative estimate of drug-likeness (QED) is 0.0459. The van der Waals surface area contributed by atoms with Gasteiger partial charge in [0.15, 0.2) is 35.7 Å². The molecule has 0 aliphatic carbocycles. The normalized spacial score (nSPS) is 10.5. The van der Waals surface area contributed by atoms with E-state index in [0.29, 0.717) is 34.4 Å². The van der Waals surface area contributed by atoms with Crippen LogP contribution >= 0.6 is 85.8 Å². The van der Waals surface area contributed by atoms with Crippen molar-refractivity contribution in [1.29, 1.82) is 0 Å². The highest BCUT2D eigenvalue weighted by Gasteiger charge is 2.38. The first-order chi connectivity index (χ1) is 25.6. The fraction of sp³-hybridized carbons (Fsp3) is 0.250. The number of carbonyl (C=O) groups excluding carboxylic acids is 6. The fourth-order valence-corrected chi connectivity index (χ4v) is 7.83. The number of hydrogen-bond acceptors (Lipinski definition) is 17. The second-order valence-electron chi connectivity index (χ2n) is 9.62. The lowest BCUT2D eigenvalue weighted by atomic mass is 10.2. The molecule has 5 rings (SSSR count). The number of amides is 1. The maximum absolute atomic E-state index is 11.7. The average Bonchev–Trinajstić information content (AvgIpc) is 3.94. The Kier molecular flexibility index (Phi) is 26.3. The molecule has 0 aromatic carbocycles. The maximum atomic E-state index is 11.7. The van der Waals surface area contributed by atoms with Crippen LogP contribution in [0.5, 0.6) is 0 Å². The van der Waals surface area contributed by atoms with Crippen LogP contribution in [0.2, 0.25) is 0 Å². The molecule has 5 heterocycles. The van der Waals surface area contributed by atoms with Crippen molar-refractivity contribution in [2.45, 2.75) is 33.5 Å². The Morgan fingerprint density at radius 2 is 1.39 bits per heavy atom. The lowest BCUT2D eigenvalue weighted by Gasteiger charge is -2.22. The zero-order valence-electron chi connectivity index (χ0n) is 29.5. The van der Waals surface area contributed by atoms with Gasteiger partial charge in [0.25, 0.3) is 0 Å². The van der Waals surface area contributed by atoms with Crippen LogP contribution in [0.3, 0.4) is 0 Å². The number of nitrogens with zero attached hydrogens (tertiary/aromatic N) is 2. The number of carbonyl (C=O) groups is 6. The van der Waals surface area contributed by atoms with Crippen LogP contribution in [0.4, 0.5) is 0 Å². The summed E-state index contributed by atoms with van der Waals surface area (Å²) in [7, 11) is -0.127. The summed E-state index contributed by atoms with van der Waals surface area (Å²) in [5.41, 5.74) is 1.54. The highest BCUT2D eigenvalue weighted by atomic mass is 80.9. The van der Waals surface area contributed by atoms with Gasteiger partial charge >= 0.3 is 7.60 Å². The number of fused-ring (bicyclic) bond motifs is 2. The number of aldehydes is 2. The Balaban J connectivity index is 0.000000665. The van der Waals surface area contributed by atoms with Crippen LogP contribution in [0.1, 0.15) is 68.7 Å². The summed E-state index contributed by atoms with van der Waals surface area (Å²) in [5, 5.41) is 21.5. The third-order valence-corrected chi connectivity index (χ3v) is 11.8. The largest absolute Gasteiger partial charge is 0.692 e. The average molecular weight is 1020 g/mol. The van der Waals surface area contributed by atoms with E-state index in [-0.39, 0.29) is 11.6 Å². The van der Waals surface area contributed by atoms with Gasteiger partial charge in [-0.3, -0.25) is 48.3 Å². The van der Waals surface area contributed by atoms with Crippen molar-refractivity contribution >= 4 is 142 Å². The number of Topliss-reactive ketones (excluding diaryl/α,β-unsaturated/α-hetero) is 3. The number of halogens is 3. The molecule has 0 fully saturated rings. The molecule has 22 heteroatoms. The third kappa shape index (κ3) is 17.3. The minimum Gasteiger partial charge on any atom is -0.692 e. The van der Waals surface area contributed by atoms with E-state index in [9.17, 15) is 33.3 Å². The van der Waals surface area contributed by atoms with Crippen LogP contribution in [0.25, 0.3) is 20.2 Å². The first-order valence-electron chi connectivity index (χ1n) is 14.4. The molecular formula is C32H34Br3N3O12PS3-. The summed E-state index contributed by atoms with van der Waals surface area (Å²) in [6, 6.07) is 7.27. The summed E-state index contributed by atoms with van der Waals surface area (Å²) < 4.78 is 24.2. The SMILES string of the molecule is BrBr.CC(=O)c1cc2c(Br)csc2cn1.CC(=O)c1cc2ccsc2cn1.COO[O-].COP(=O)(OC)C(NC(C)=O)C(C)=O.O=Cc1ccsc1C=O. The highest BCUT2D eigenvalue weighted by Crippen LogP contribution is 2.50. The molecule has 0 bridgehead atoms. The molecule has 0 saturated carbocycles. The molecule has 1 amide bonds. The number of hydrogen-bond donors (Lipinski definition) is 1. The van der Waals surface area contributed by atoms with Crippen molar-refractivity contribution in [2.24, 2.45) is 0 Å². The zero-order chi connectivity index (χ0) is 41.4. The fourth-order valence-electron chi connectivity index (χ4n) is 3.56. The number of rotatable bonds is 10. The molecule has 0 aliphatic heterocycles. The molecule has 0 spiro atoms. The molecule has 1 unspecified atom stereocenters. The third-order valence-electron chi connectivity index (χ3n) is 6.06. The Morgan fingerprint density at radius 1 is 0.852 bits per heavy atom. The van der Waals surface area contributed by atoms with Crippen molar-refractivity contribution in [1.82, 2.24) is 15.3 Å². The number of thiophene rings is 3. The van der Waals surface area contributed by atoms with Crippen molar-refractivity contribution in [3.63, 3.8) is 0 Å². The molecule has 5 aromatic heterocycles. The van der Waals surface area contributed by atoms with E-state index in [0.717, 1.165) is 46.0 Å². The number of nitrogens with one attached hydrogen (secondary N) is 1. The van der Waals surface area contributed by atoms with Crippen LogP contribution in [0.15, 0.2) is 57.3 Å². The molecule has 0 saturated heterocycles. The van der Waals surface area contributed by atoms with E-state index in [2.05, 4.69) is 78.4 Å². The van der Waals surface area contributed by atoms with Gasteiger partial charge in [0.05, 0.1) is 21.4 Å². The molecule has 54 heavy (non-hydrogen) atoms. The van der Waals surface area contributed by atoms with Crippen molar-refractivity contribution < 1.29 is 57.6 Å². The Labute approximate surface area is 346 Å². The van der Waals surface area contributed by atoms with E-state index in [1.165, 1.54) is 39.0 Å². The highest BCUT2D eigenvalue weighted by molar-refractivity contribution is 9.93. The van der Waals surface area contributed by atoms with E-state index < -0.39 is 25.1 Å². The van der Waals surface area contributed by atoms with Gasteiger partial charge in [-0.25, -0.2) is 4.89 Å². The summed E-state index contributed by atoms with van der Waals surface area (Å²) >= 11 is 13.4. The lowest BCUT2D eigenvalue weighted by molar-refractivity contribution is -0.796. The smallest absolute Gasteiger partial charge is 0.359 e. The van der Waals surface area contributed by atoms with Gasteiger partial charge in [0.2, 0.25) is 5.91 Å². The van der Waals surface area contributed by atoms with Crippen LogP contribution in [-0.4, -0.2) is 72.9 Å². The van der Waals surface area contributed by atoms with E-state index in [1.54, 1.807) is 46.5 Å². The predicted octanol–water partition coefficient (Wildman–Crippen LogP) is 8.19. The van der Waals surface area contributed by atoms with E-state index in [1.807, 2.05) is 29.0 Å². The number of ketones is 3. The van der Waals surface area contributed by atoms with Crippen molar-refractivity contribution in [2.75, 3.05) is 21.3 Å². The topological polar surface area (TPSA) is 217 Å². The summed E-state index contributed by atoms with van der Waals surface area (Å²) in [5.74, 6) is -2.18. The minimum absolute atomic E-state index is 0.000000000000000444. The maximum Gasteiger partial charge on any atom is 0.359 e. The first kappa shape index (κ1) is 51.2. The molecule has 15 nitrogen and oxygen atoms in total. The zero-order valence-corrected chi connectivity index (χ0v) is 37.6. The Hall–Kier alpha value is -2.79. The van der Waals surface area contributed by atoms with Crippen LogP contribution in [-0.2, 0) is 33.1 Å². The van der Waals surface area contributed by atoms with Crippen molar-refractivity contribution in [3.8, 4) is 0 Å². The van der Waals surface area contributed by atoms with Crippen molar-refractivity contribution in [3.05, 3.63) is 79.1 Å². The van der Waals surface area contributed by atoms with Gasteiger partial charge in [-0.15, -0.1) is 34.0 Å². The lowest BCUT2D eigenvalue weighted by Crippen LogP contribution is -2.38. The Morgan fingerprint density at radius 3 is 1.83 bits per heavy atom. The number of pyridine rings is 2. The van der Waals surface area contributed by atoms with Gasteiger partial charge in [0, 0.05) is 96.4 Å². The second-order valence-corrected chi connectivity index (χ2v) is 15.6. The monoisotopic (exact) mass is 1020 g/mol. The van der Waals surface area contributed by atoms with Gasteiger partial charge in [-0.2, -0.15) is 0 Å². The molecule has 1 N–H and O–H groups in total. The molecule has 0 aliphatic rings. The Bertz CT molecular complexity index is 1990.